The predicted octanol–water partition coefficient (Wildman–Crippen LogP) is 2.04. The van der Waals surface area contributed by atoms with Crippen molar-refractivity contribution in [2.45, 2.75) is 13.3 Å². The Kier molecular flexibility index (Phi) is 4.84. The number of Topliss-reactive ketones (excluding diaryl/α,β-unsaturated/α-hetero) is 2. The molecule has 0 aromatic heterocycles. The fourth-order valence-corrected chi connectivity index (χ4v) is 1.29. The van der Waals surface area contributed by atoms with E-state index >= 15 is 0 Å². The van der Waals surface area contributed by atoms with Crippen LogP contribution in [0.4, 0.5) is 0 Å². The molecule has 17 heavy (non-hydrogen) atoms. The maximum Gasteiger partial charge on any atom is 0.375 e. The van der Waals surface area contributed by atoms with Crippen molar-refractivity contribution in [1.82, 2.24) is 0 Å². The first kappa shape index (κ1) is 13.4. The molecule has 0 saturated heterocycles. The minimum absolute atomic E-state index is 0.111. The zero-order valence-electron chi connectivity index (χ0n) is 9.23. The van der Waals surface area contributed by atoms with Crippen molar-refractivity contribution in [1.29, 1.82) is 0 Å². The number of hydrogen-bond acceptors (Lipinski definition) is 4. The molecule has 0 fully saturated rings. The van der Waals surface area contributed by atoms with Gasteiger partial charge in [-0.1, -0.05) is 11.6 Å². The second kappa shape index (κ2) is 6.15. The van der Waals surface area contributed by atoms with Crippen LogP contribution < -0.4 is 0 Å². The van der Waals surface area contributed by atoms with Gasteiger partial charge in [-0.05, 0) is 31.2 Å². The summed E-state index contributed by atoms with van der Waals surface area (Å²) in [5.74, 6) is -2.25. The molecule has 0 radical (unpaired) electrons. The number of rotatable bonds is 5. The van der Waals surface area contributed by atoms with Crippen LogP contribution >= 0.6 is 11.6 Å². The standard InChI is InChI=1S/C12H11ClO4/c1-2-17-12(16)11(15)7-10(14)8-3-5-9(13)6-4-8/h3-6H,2,7H2,1H3. The number of halogens is 1. The topological polar surface area (TPSA) is 60.4 Å². The third-order valence-electron chi connectivity index (χ3n) is 1.99. The van der Waals surface area contributed by atoms with Crippen molar-refractivity contribution in [3.8, 4) is 0 Å². The van der Waals surface area contributed by atoms with E-state index in [9.17, 15) is 14.4 Å². The van der Waals surface area contributed by atoms with Crippen LogP contribution in [0.15, 0.2) is 24.3 Å². The highest BCUT2D eigenvalue weighted by molar-refractivity contribution is 6.38. The summed E-state index contributed by atoms with van der Waals surface area (Å²) in [6, 6.07) is 6.10. The van der Waals surface area contributed by atoms with Gasteiger partial charge in [-0.25, -0.2) is 4.79 Å². The van der Waals surface area contributed by atoms with E-state index in [1.165, 1.54) is 12.1 Å². The van der Waals surface area contributed by atoms with Crippen molar-refractivity contribution in [3.05, 3.63) is 34.9 Å². The van der Waals surface area contributed by atoms with E-state index in [-0.39, 0.29) is 6.61 Å². The van der Waals surface area contributed by atoms with Gasteiger partial charge in [0.15, 0.2) is 5.78 Å². The maximum absolute atomic E-state index is 11.6. The van der Waals surface area contributed by atoms with Gasteiger partial charge in [-0.3, -0.25) is 9.59 Å². The molecule has 0 unspecified atom stereocenters. The van der Waals surface area contributed by atoms with Crippen LogP contribution in [0.25, 0.3) is 0 Å². The minimum atomic E-state index is -0.977. The molecule has 0 aliphatic rings. The van der Waals surface area contributed by atoms with Gasteiger partial charge < -0.3 is 4.74 Å². The van der Waals surface area contributed by atoms with E-state index in [4.69, 9.17) is 11.6 Å². The van der Waals surface area contributed by atoms with Gasteiger partial charge >= 0.3 is 5.97 Å². The largest absolute Gasteiger partial charge is 0.460 e. The molecule has 0 saturated carbocycles. The van der Waals surface area contributed by atoms with Crippen LogP contribution in [-0.2, 0) is 14.3 Å². The van der Waals surface area contributed by atoms with Gasteiger partial charge in [-0.15, -0.1) is 0 Å². The highest BCUT2D eigenvalue weighted by atomic mass is 35.5. The average Bonchev–Trinajstić information content (AvgIpc) is 2.30. The molecule has 0 heterocycles. The Morgan fingerprint density at radius 1 is 1.18 bits per heavy atom. The molecule has 4 nitrogen and oxygen atoms in total. The second-order valence-electron chi connectivity index (χ2n) is 3.25. The van der Waals surface area contributed by atoms with Gasteiger partial charge in [0, 0.05) is 10.6 Å². The van der Waals surface area contributed by atoms with Crippen molar-refractivity contribution < 1.29 is 19.1 Å². The maximum atomic E-state index is 11.6. The zero-order chi connectivity index (χ0) is 12.8. The van der Waals surface area contributed by atoms with Crippen LogP contribution in [0, 0.1) is 0 Å². The highest BCUT2D eigenvalue weighted by Gasteiger charge is 2.19. The first-order valence-corrected chi connectivity index (χ1v) is 5.41. The Balaban J connectivity index is 2.63. The molecule has 5 heteroatoms. The third kappa shape index (κ3) is 4.00. The molecular weight excluding hydrogens is 244 g/mol. The van der Waals surface area contributed by atoms with Gasteiger partial charge in [-0.2, -0.15) is 0 Å². The van der Waals surface area contributed by atoms with E-state index in [1.807, 2.05) is 0 Å². The van der Waals surface area contributed by atoms with E-state index in [0.717, 1.165) is 0 Å². The summed E-state index contributed by atoms with van der Waals surface area (Å²) in [6.45, 7) is 1.70. The molecular formula is C12H11ClO4. The highest BCUT2D eigenvalue weighted by Crippen LogP contribution is 2.11. The molecule has 0 aliphatic carbocycles. The quantitative estimate of drug-likeness (QED) is 0.349. The molecule has 0 N–H and O–H groups in total. The Labute approximate surface area is 104 Å². The zero-order valence-corrected chi connectivity index (χ0v) is 9.99. The number of carbonyl (C=O) groups is 3. The first-order chi connectivity index (χ1) is 8.04. The van der Waals surface area contributed by atoms with Crippen molar-refractivity contribution in [2.24, 2.45) is 0 Å². The summed E-state index contributed by atoms with van der Waals surface area (Å²) in [7, 11) is 0. The number of esters is 1. The Hall–Kier alpha value is -1.68. The van der Waals surface area contributed by atoms with Gasteiger partial charge in [0.1, 0.15) is 0 Å². The number of ketones is 2. The van der Waals surface area contributed by atoms with Crippen LogP contribution in [0.2, 0.25) is 5.02 Å². The lowest BCUT2D eigenvalue weighted by atomic mass is 10.1. The van der Waals surface area contributed by atoms with Crippen LogP contribution in [0.1, 0.15) is 23.7 Å². The van der Waals surface area contributed by atoms with E-state index in [0.29, 0.717) is 10.6 Å². The molecule has 0 bridgehead atoms. The summed E-state index contributed by atoms with van der Waals surface area (Å²) < 4.78 is 4.50. The van der Waals surface area contributed by atoms with E-state index in [1.54, 1.807) is 19.1 Å². The van der Waals surface area contributed by atoms with Crippen LogP contribution in [0.5, 0.6) is 0 Å². The van der Waals surface area contributed by atoms with Gasteiger partial charge in [0.25, 0.3) is 0 Å². The molecule has 0 aliphatic heterocycles. The van der Waals surface area contributed by atoms with Crippen molar-refractivity contribution in [2.75, 3.05) is 6.61 Å². The molecule has 1 aromatic carbocycles. The number of carbonyl (C=O) groups excluding carboxylic acids is 3. The number of benzene rings is 1. The fourth-order valence-electron chi connectivity index (χ4n) is 1.17. The van der Waals surface area contributed by atoms with Gasteiger partial charge in [0.05, 0.1) is 13.0 Å². The SMILES string of the molecule is CCOC(=O)C(=O)CC(=O)c1ccc(Cl)cc1. The molecule has 0 amide bonds. The van der Waals surface area contributed by atoms with E-state index in [2.05, 4.69) is 4.74 Å². The van der Waals surface area contributed by atoms with Crippen LogP contribution in [0.3, 0.4) is 0 Å². The molecule has 1 rings (SSSR count). The Morgan fingerprint density at radius 2 is 1.76 bits per heavy atom. The molecule has 1 aromatic rings. The number of hydrogen-bond donors (Lipinski definition) is 0. The predicted molar refractivity (Wildman–Crippen MR) is 62.0 cm³/mol. The van der Waals surface area contributed by atoms with Gasteiger partial charge in [0.2, 0.25) is 5.78 Å². The van der Waals surface area contributed by atoms with E-state index < -0.39 is 24.0 Å². The second-order valence-corrected chi connectivity index (χ2v) is 3.69. The molecule has 0 spiro atoms. The molecule has 90 valence electrons. The summed E-state index contributed by atoms with van der Waals surface area (Å²) >= 11 is 5.66. The molecule has 0 atom stereocenters. The van der Waals surface area contributed by atoms with Crippen LogP contribution in [-0.4, -0.2) is 24.1 Å². The minimum Gasteiger partial charge on any atom is -0.460 e. The summed E-state index contributed by atoms with van der Waals surface area (Å²) in [4.78, 5) is 33.9. The monoisotopic (exact) mass is 254 g/mol. The lowest BCUT2D eigenvalue weighted by molar-refractivity contribution is -0.153. The lowest BCUT2D eigenvalue weighted by Gasteiger charge is -2.01. The smallest absolute Gasteiger partial charge is 0.375 e. The fraction of sp³-hybridized carbons (Fsp3) is 0.250. The van der Waals surface area contributed by atoms with Crippen molar-refractivity contribution >= 4 is 29.1 Å². The summed E-state index contributed by atoms with van der Waals surface area (Å²) in [6.07, 6.45) is -0.486. The summed E-state index contributed by atoms with van der Waals surface area (Å²) in [5, 5.41) is 0.498. The Bertz CT molecular complexity index is 436. The third-order valence-corrected chi connectivity index (χ3v) is 2.24. The van der Waals surface area contributed by atoms with Crippen molar-refractivity contribution in [3.63, 3.8) is 0 Å². The first-order valence-electron chi connectivity index (χ1n) is 5.03. The lowest BCUT2D eigenvalue weighted by Crippen LogP contribution is -2.20. The summed E-state index contributed by atoms with van der Waals surface area (Å²) in [5.41, 5.74) is 0.340. The number of ether oxygens (including phenoxy) is 1. The Morgan fingerprint density at radius 3 is 2.29 bits per heavy atom. The average molecular weight is 255 g/mol. The normalized spacial score (nSPS) is 9.76.